The second-order valence-corrected chi connectivity index (χ2v) is 6.60. The van der Waals surface area contributed by atoms with Crippen molar-refractivity contribution in [2.45, 2.75) is 33.9 Å². The quantitative estimate of drug-likeness (QED) is 0.848. The summed E-state index contributed by atoms with van der Waals surface area (Å²) in [4.78, 5) is 15.5. The van der Waals surface area contributed by atoms with Gasteiger partial charge >= 0.3 is 0 Å². The number of rotatable bonds is 4. The van der Waals surface area contributed by atoms with Crippen molar-refractivity contribution >= 4 is 17.2 Å². The van der Waals surface area contributed by atoms with E-state index < -0.39 is 0 Å². The van der Waals surface area contributed by atoms with Gasteiger partial charge in [0.2, 0.25) is 5.91 Å². The highest BCUT2D eigenvalue weighted by molar-refractivity contribution is 7.09. The van der Waals surface area contributed by atoms with Gasteiger partial charge in [-0.15, -0.1) is 11.3 Å². The third kappa shape index (κ3) is 3.70. The van der Waals surface area contributed by atoms with Crippen molar-refractivity contribution in [2.75, 3.05) is 0 Å². The van der Waals surface area contributed by atoms with Crippen molar-refractivity contribution in [3.05, 3.63) is 46.5 Å². The van der Waals surface area contributed by atoms with Crippen molar-refractivity contribution < 1.29 is 9.21 Å². The van der Waals surface area contributed by atoms with Gasteiger partial charge in [-0.25, -0.2) is 0 Å². The zero-order valence-corrected chi connectivity index (χ0v) is 12.4. The molecule has 0 fully saturated rings. The molecule has 0 atom stereocenters. The predicted octanol–water partition coefficient (Wildman–Crippen LogP) is 3.92. The first-order valence-corrected chi connectivity index (χ1v) is 7.19. The fourth-order valence-corrected chi connectivity index (χ4v) is 2.57. The maximum atomic E-state index is 12.5. The summed E-state index contributed by atoms with van der Waals surface area (Å²) in [5.74, 6) is 0.950. The van der Waals surface area contributed by atoms with Crippen LogP contribution >= 0.6 is 11.3 Å². The highest BCUT2D eigenvalue weighted by Crippen LogP contribution is 2.22. The standard InChI is InChI=1S/C15H19NO2S/c1-15(2,3)14(17)16(10-12-6-4-8-18-12)11-13-7-5-9-19-13/h4-9H,10-11H2,1-3H3. The van der Waals surface area contributed by atoms with Crippen LogP contribution in [0.5, 0.6) is 0 Å². The lowest BCUT2D eigenvalue weighted by Crippen LogP contribution is -2.38. The molecular formula is C15H19NO2S. The van der Waals surface area contributed by atoms with Gasteiger partial charge < -0.3 is 9.32 Å². The molecule has 0 radical (unpaired) electrons. The molecule has 19 heavy (non-hydrogen) atoms. The van der Waals surface area contributed by atoms with E-state index in [9.17, 15) is 4.79 Å². The Morgan fingerprint density at radius 3 is 2.58 bits per heavy atom. The molecule has 2 aromatic rings. The molecule has 2 rings (SSSR count). The van der Waals surface area contributed by atoms with E-state index in [0.29, 0.717) is 13.1 Å². The van der Waals surface area contributed by atoms with Crippen molar-refractivity contribution in [1.29, 1.82) is 0 Å². The molecule has 0 aliphatic rings. The van der Waals surface area contributed by atoms with Crippen molar-refractivity contribution in [3.63, 3.8) is 0 Å². The van der Waals surface area contributed by atoms with E-state index in [-0.39, 0.29) is 11.3 Å². The number of amides is 1. The van der Waals surface area contributed by atoms with Crippen molar-refractivity contribution in [2.24, 2.45) is 5.41 Å². The van der Waals surface area contributed by atoms with Crippen LogP contribution in [0.25, 0.3) is 0 Å². The number of furan rings is 1. The molecule has 0 saturated carbocycles. The monoisotopic (exact) mass is 277 g/mol. The zero-order chi connectivity index (χ0) is 13.9. The first-order chi connectivity index (χ1) is 8.97. The maximum Gasteiger partial charge on any atom is 0.228 e. The van der Waals surface area contributed by atoms with Gasteiger partial charge in [0.15, 0.2) is 0 Å². The zero-order valence-electron chi connectivity index (χ0n) is 11.6. The average molecular weight is 277 g/mol. The van der Waals surface area contributed by atoms with Crippen LogP contribution in [0.3, 0.4) is 0 Å². The van der Waals surface area contributed by atoms with Crippen LogP contribution in [0, 0.1) is 5.41 Å². The Labute approximate surface area is 117 Å². The summed E-state index contributed by atoms with van der Waals surface area (Å²) in [5.41, 5.74) is -0.385. The van der Waals surface area contributed by atoms with Crippen LogP contribution < -0.4 is 0 Å². The molecule has 0 unspecified atom stereocenters. The molecule has 3 nitrogen and oxygen atoms in total. The third-order valence-corrected chi connectivity index (χ3v) is 3.64. The smallest absolute Gasteiger partial charge is 0.228 e. The fourth-order valence-electron chi connectivity index (χ4n) is 1.86. The minimum Gasteiger partial charge on any atom is -0.467 e. The largest absolute Gasteiger partial charge is 0.467 e. The minimum atomic E-state index is -0.385. The Morgan fingerprint density at radius 2 is 2.05 bits per heavy atom. The summed E-state index contributed by atoms with van der Waals surface area (Å²) in [6.07, 6.45) is 1.64. The summed E-state index contributed by atoms with van der Waals surface area (Å²) in [7, 11) is 0. The van der Waals surface area contributed by atoms with E-state index in [2.05, 4.69) is 6.07 Å². The fraction of sp³-hybridized carbons (Fsp3) is 0.400. The molecular weight excluding hydrogens is 258 g/mol. The average Bonchev–Trinajstić information content (AvgIpc) is 2.98. The summed E-state index contributed by atoms with van der Waals surface area (Å²) in [5, 5.41) is 2.03. The SMILES string of the molecule is CC(C)(C)C(=O)N(Cc1ccco1)Cc1cccs1. The molecule has 0 N–H and O–H groups in total. The van der Waals surface area contributed by atoms with Gasteiger partial charge in [-0.3, -0.25) is 4.79 Å². The molecule has 0 saturated heterocycles. The number of thiophene rings is 1. The molecule has 0 aromatic carbocycles. The van der Waals surface area contributed by atoms with Gasteiger partial charge in [0.25, 0.3) is 0 Å². The summed E-state index contributed by atoms with van der Waals surface area (Å²) >= 11 is 1.67. The molecule has 1 amide bonds. The number of hydrogen-bond donors (Lipinski definition) is 0. The van der Waals surface area contributed by atoms with E-state index in [1.807, 2.05) is 49.3 Å². The third-order valence-electron chi connectivity index (χ3n) is 2.78. The van der Waals surface area contributed by atoms with Crippen molar-refractivity contribution in [3.8, 4) is 0 Å². The Hall–Kier alpha value is -1.55. The first-order valence-electron chi connectivity index (χ1n) is 6.31. The first kappa shape index (κ1) is 13.9. The second kappa shape index (κ2) is 5.61. The molecule has 102 valence electrons. The Bertz CT molecular complexity index is 473. The van der Waals surface area contributed by atoms with Gasteiger partial charge in [0.05, 0.1) is 19.4 Å². The van der Waals surface area contributed by atoms with Crippen LogP contribution in [-0.2, 0) is 17.9 Å². The van der Waals surface area contributed by atoms with Crippen LogP contribution in [-0.4, -0.2) is 10.8 Å². The molecule has 2 heterocycles. The van der Waals surface area contributed by atoms with E-state index in [0.717, 1.165) is 5.76 Å². The lowest BCUT2D eigenvalue weighted by atomic mass is 9.94. The normalized spacial score (nSPS) is 11.5. The topological polar surface area (TPSA) is 33.5 Å². The van der Waals surface area contributed by atoms with Gasteiger partial charge in [-0.05, 0) is 23.6 Å². The molecule has 0 aliphatic heterocycles. The van der Waals surface area contributed by atoms with E-state index >= 15 is 0 Å². The van der Waals surface area contributed by atoms with Crippen LogP contribution in [0.4, 0.5) is 0 Å². The molecule has 4 heteroatoms. The Balaban J connectivity index is 2.15. The van der Waals surface area contributed by atoms with Gasteiger partial charge in [-0.2, -0.15) is 0 Å². The highest BCUT2D eigenvalue weighted by atomic mass is 32.1. The van der Waals surface area contributed by atoms with E-state index in [1.165, 1.54) is 4.88 Å². The molecule has 2 aromatic heterocycles. The van der Waals surface area contributed by atoms with E-state index in [1.54, 1.807) is 17.6 Å². The van der Waals surface area contributed by atoms with Crippen LogP contribution in [0.2, 0.25) is 0 Å². The number of hydrogen-bond acceptors (Lipinski definition) is 3. The number of carbonyl (C=O) groups is 1. The molecule has 0 bridgehead atoms. The molecule has 0 aliphatic carbocycles. The second-order valence-electron chi connectivity index (χ2n) is 5.57. The number of nitrogens with zero attached hydrogens (tertiary/aromatic N) is 1. The highest BCUT2D eigenvalue weighted by Gasteiger charge is 2.28. The summed E-state index contributed by atoms with van der Waals surface area (Å²) in [6.45, 7) is 6.98. The van der Waals surface area contributed by atoms with E-state index in [4.69, 9.17) is 4.42 Å². The van der Waals surface area contributed by atoms with Gasteiger partial charge in [-0.1, -0.05) is 26.8 Å². The summed E-state index contributed by atoms with van der Waals surface area (Å²) < 4.78 is 5.36. The van der Waals surface area contributed by atoms with Crippen LogP contribution in [0.1, 0.15) is 31.4 Å². The summed E-state index contributed by atoms with van der Waals surface area (Å²) in [6, 6.07) is 7.81. The lowest BCUT2D eigenvalue weighted by Gasteiger charge is -2.28. The molecule has 0 spiro atoms. The number of carbonyl (C=O) groups excluding carboxylic acids is 1. The van der Waals surface area contributed by atoms with Gasteiger partial charge in [0.1, 0.15) is 5.76 Å². The van der Waals surface area contributed by atoms with Crippen LogP contribution in [0.15, 0.2) is 40.3 Å². The Kier molecular flexibility index (Phi) is 4.10. The van der Waals surface area contributed by atoms with Gasteiger partial charge in [0, 0.05) is 10.3 Å². The predicted molar refractivity (Wildman–Crippen MR) is 76.7 cm³/mol. The Morgan fingerprint density at radius 1 is 1.26 bits per heavy atom. The van der Waals surface area contributed by atoms with Crippen molar-refractivity contribution in [1.82, 2.24) is 4.90 Å². The maximum absolute atomic E-state index is 12.5. The minimum absolute atomic E-state index is 0.136. The lowest BCUT2D eigenvalue weighted by molar-refractivity contribution is -0.141.